The molecule has 0 amide bonds. The normalized spacial score (nSPS) is 11.8. The van der Waals surface area contributed by atoms with E-state index in [-0.39, 0.29) is 4.91 Å². The summed E-state index contributed by atoms with van der Waals surface area (Å²) in [5.41, 5.74) is 1.04. The van der Waals surface area contributed by atoms with Gasteiger partial charge in [-0.15, -0.1) is 16.4 Å². The number of hydrogen-bond acceptors (Lipinski definition) is 6. The standard InChI is InChI=1S/C13H15N3O2S2/c1-3-4-11-14-13(16-15-11)20-10(12(17)18)7-9-8(2)5-6-19-9/h5-7H,3-4H2,1-2H3,(H,17,18)(H,14,15,16)/p-1/b10-7-. The number of carbonyl (C=O) groups is 1. The number of H-pyrrole nitrogens is 1. The minimum Gasteiger partial charge on any atom is -0.544 e. The molecule has 0 saturated carbocycles. The topological polar surface area (TPSA) is 81.7 Å². The molecule has 0 bridgehead atoms. The predicted molar refractivity (Wildman–Crippen MR) is 78.3 cm³/mol. The number of aromatic amines is 1. The Labute approximate surface area is 125 Å². The lowest BCUT2D eigenvalue weighted by Crippen LogP contribution is -2.23. The van der Waals surface area contributed by atoms with Crippen LogP contribution in [0.3, 0.4) is 0 Å². The highest BCUT2D eigenvalue weighted by Gasteiger charge is 2.09. The van der Waals surface area contributed by atoms with E-state index >= 15 is 0 Å². The van der Waals surface area contributed by atoms with Gasteiger partial charge in [0, 0.05) is 16.2 Å². The number of aryl methyl sites for hydroxylation is 2. The minimum atomic E-state index is -1.22. The molecular formula is C13H14N3O2S2-. The lowest BCUT2D eigenvalue weighted by atomic mass is 10.3. The van der Waals surface area contributed by atoms with Crippen LogP contribution in [0.1, 0.15) is 29.6 Å². The fourth-order valence-electron chi connectivity index (χ4n) is 1.55. The monoisotopic (exact) mass is 308 g/mol. The van der Waals surface area contributed by atoms with Gasteiger partial charge in [0.1, 0.15) is 5.82 Å². The summed E-state index contributed by atoms with van der Waals surface area (Å²) in [6, 6.07) is 1.94. The molecule has 0 atom stereocenters. The molecule has 7 heteroatoms. The lowest BCUT2D eigenvalue weighted by Gasteiger charge is -2.05. The highest BCUT2D eigenvalue weighted by Crippen LogP contribution is 2.28. The first-order valence-electron chi connectivity index (χ1n) is 6.16. The first-order chi connectivity index (χ1) is 9.60. The third-order valence-electron chi connectivity index (χ3n) is 2.56. The molecule has 0 aliphatic carbocycles. The Morgan fingerprint density at radius 3 is 3.00 bits per heavy atom. The van der Waals surface area contributed by atoms with E-state index in [2.05, 4.69) is 15.2 Å². The van der Waals surface area contributed by atoms with Gasteiger partial charge in [-0.2, -0.15) is 0 Å². The number of nitrogens with one attached hydrogen (secondary N) is 1. The van der Waals surface area contributed by atoms with Gasteiger partial charge in [0.15, 0.2) is 0 Å². The molecule has 0 saturated heterocycles. The van der Waals surface area contributed by atoms with Gasteiger partial charge < -0.3 is 9.90 Å². The number of rotatable bonds is 6. The highest BCUT2D eigenvalue weighted by molar-refractivity contribution is 8.04. The molecule has 1 N–H and O–H groups in total. The zero-order valence-corrected chi connectivity index (χ0v) is 12.8. The van der Waals surface area contributed by atoms with Crippen molar-refractivity contribution in [2.75, 3.05) is 0 Å². The van der Waals surface area contributed by atoms with Crippen molar-refractivity contribution >= 4 is 35.1 Å². The van der Waals surface area contributed by atoms with Crippen LogP contribution in [-0.4, -0.2) is 21.2 Å². The van der Waals surface area contributed by atoms with Crippen LogP contribution in [0.25, 0.3) is 6.08 Å². The number of carbonyl (C=O) groups excluding carboxylic acids is 1. The lowest BCUT2D eigenvalue weighted by molar-refractivity contribution is -0.297. The summed E-state index contributed by atoms with van der Waals surface area (Å²) in [6.07, 6.45) is 3.36. The van der Waals surface area contributed by atoms with E-state index in [1.807, 2.05) is 25.3 Å². The molecule has 2 rings (SSSR count). The predicted octanol–water partition coefficient (Wildman–Crippen LogP) is 2.01. The summed E-state index contributed by atoms with van der Waals surface area (Å²) in [4.78, 5) is 16.5. The van der Waals surface area contributed by atoms with Gasteiger partial charge in [-0.3, -0.25) is 5.10 Å². The van der Waals surface area contributed by atoms with Gasteiger partial charge >= 0.3 is 0 Å². The fraction of sp³-hybridized carbons (Fsp3) is 0.308. The second-order valence-electron chi connectivity index (χ2n) is 4.18. The second-order valence-corrected chi connectivity index (χ2v) is 6.14. The van der Waals surface area contributed by atoms with Crippen molar-refractivity contribution in [3.8, 4) is 0 Å². The van der Waals surface area contributed by atoms with Crippen LogP contribution in [0.5, 0.6) is 0 Å². The van der Waals surface area contributed by atoms with Crippen LogP contribution in [0.4, 0.5) is 0 Å². The molecule has 2 aromatic rings. The summed E-state index contributed by atoms with van der Waals surface area (Å²) < 4.78 is 0. The minimum absolute atomic E-state index is 0.109. The van der Waals surface area contributed by atoms with Gasteiger partial charge in [-0.25, -0.2) is 4.98 Å². The van der Waals surface area contributed by atoms with Gasteiger partial charge in [-0.1, -0.05) is 6.92 Å². The first-order valence-corrected chi connectivity index (χ1v) is 7.86. The average molecular weight is 308 g/mol. The number of aliphatic carboxylic acids is 1. The van der Waals surface area contributed by atoms with Crippen molar-refractivity contribution in [1.29, 1.82) is 0 Å². The zero-order chi connectivity index (χ0) is 14.5. The Kier molecular flexibility index (Phi) is 4.97. The van der Waals surface area contributed by atoms with E-state index in [0.29, 0.717) is 5.16 Å². The molecule has 0 aliphatic heterocycles. The molecule has 5 nitrogen and oxygen atoms in total. The number of carboxylic acid groups (broad SMARTS) is 1. The average Bonchev–Trinajstić information content (AvgIpc) is 2.99. The smallest absolute Gasteiger partial charge is 0.213 e. The molecule has 20 heavy (non-hydrogen) atoms. The fourth-order valence-corrected chi connectivity index (χ4v) is 3.19. The number of hydrogen-bond donors (Lipinski definition) is 1. The molecule has 2 heterocycles. The van der Waals surface area contributed by atoms with Crippen molar-refractivity contribution in [3.63, 3.8) is 0 Å². The zero-order valence-electron chi connectivity index (χ0n) is 11.2. The number of thiophene rings is 1. The Balaban J connectivity index is 2.19. The molecule has 2 aromatic heterocycles. The van der Waals surface area contributed by atoms with E-state index < -0.39 is 5.97 Å². The van der Waals surface area contributed by atoms with E-state index in [9.17, 15) is 9.90 Å². The van der Waals surface area contributed by atoms with Gasteiger partial charge in [0.25, 0.3) is 0 Å². The van der Waals surface area contributed by atoms with Crippen LogP contribution in [0, 0.1) is 6.92 Å². The van der Waals surface area contributed by atoms with Crippen LogP contribution in [0.15, 0.2) is 21.5 Å². The Hall–Kier alpha value is -1.60. The van der Waals surface area contributed by atoms with Gasteiger partial charge in [0.2, 0.25) is 5.16 Å². The maximum absolute atomic E-state index is 11.2. The third-order valence-corrected chi connectivity index (χ3v) is 4.40. The molecule has 0 aliphatic rings. The summed E-state index contributed by atoms with van der Waals surface area (Å²) in [5.74, 6) is -0.454. The van der Waals surface area contributed by atoms with Crippen molar-refractivity contribution in [2.24, 2.45) is 0 Å². The summed E-state index contributed by atoms with van der Waals surface area (Å²) in [5, 5.41) is 20.3. The number of aromatic nitrogens is 3. The maximum Gasteiger partial charge on any atom is 0.213 e. The molecule has 0 fully saturated rings. The quantitative estimate of drug-likeness (QED) is 0.652. The molecule has 0 aromatic carbocycles. The summed E-state index contributed by atoms with van der Waals surface area (Å²) >= 11 is 2.49. The SMILES string of the molecule is CCCc1nc(S/C(=C\c2sccc2C)C(=O)[O-])n[nH]1. The first kappa shape index (κ1) is 14.8. The number of carboxylic acids is 1. The van der Waals surface area contributed by atoms with E-state index in [0.717, 1.165) is 40.9 Å². The Bertz CT molecular complexity index is 631. The maximum atomic E-state index is 11.2. The van der Waals surface area contributed by atoms with E-state index in [1.54, 1.807) is 6.08 Å². The summed E-state index contributed by atoms with van der Waals surface area (Å²) in [7, 11) is 0. The Morgan fingerprint density at radius 1 is 1.60 bits per heavy atom. The Morgan fingerprint density at radius 2 is 2.40 bits per heavy atom. The summed E-state index contributed by atoms with van der Waals surface area (Å²) in [6.45, 7) is 3.98. The highest BCUT2D eigenvalue weighted by atomic mass is 32.2. The van der Waals surface area contributed by atoms with Crippen LogP contribution < -0.4 is 5.11 Å². The molecule has 0 spiro atoms. The molecular weight excluding hydrogens is 294 g/mol. The van der Waals surface area contributed by atoms with Crippen molar-refractivity contribution in [2.45, 2.75) is 31.8 Å². The largest absolute Gasteiger partial charge is 0.544 e. The molecule has 0 unspecified atom stereocenters. The van der Waals surface area contributed by atoms with Crippen LogP contribution in [-0.2, 0) is 11.2 Å². The van der Waals surface area contributed by atoms with Gasteiger partial charge in [-0.05, 0) is 48.2 Å². The van der Waals surface area contributed by atoms with E-state index in [4.69, 9.17) is 0 Å². The van der Waals surface area contributed by atoms with Crippen LogP contribution >= 0.6 is 23.1 Å². The third kappa shape index (κ3) is 3.71. The number of nitrogens with zero attached hydrogens (tertiary/aromatic N) is 2. The van der Waals surface area contributed by atoms with Gasteiger partial charge in [0.05, 0.1) is 5.97 Å². The van der Waals surface area contributed by atoms with Crippen LogP contribution in [0.2, 0.25) is 0 Å². The van der Waals surface area contributed by atoms with Crippen molar-refractivity contribution in [3.05, 3.63) is 32.6 Å². The second kappa shape index (κ2) is 6.71. The van der Waals surface area contributed by atoms with E-state index in [1.165, 1.54) is 11.3 Å². The van der Waals surface area contributed by atoms with Crippen molar-refractivity contribution < 1.29 is 9.90 Å². The van der Waals surface area contributed by atoms with Crippen molar-refractivity contribution in [1.82, 2.24) is 15.2 Å². The number of thioether (sulfide) groups is 1. The molecule has 106 valence electrons. The molecule has 0 radical (unpaired) electrons.